The Hall–Kier alpha value is -1.43. The van der Waals surface area contributed by atoms with Crippen molar-refractivity contribution >= 4 is 5.82 Å². The number of terminal acetylenes is 1. The zero-order chi connectivity index (χ0) is 14.1. The van der Waals surface area contributed by atoms with Crippen LogP contribution >= 0.6 is 0 Å². The lowest BCUT2D eigenvalue weighted by atomic mass is 10.1. The number of hydrogen-bond donors (Lipinski definition) is 1. The molecule has 0 saturated heterocycles. The number of nitrogen functional groups attached to an aromatic ring is 1. The summed E-state index contributed by atoms with van der Waals surface area (Å²) < 4.78 is 1.99. The van der Waals surface area contributed by atoms with Crippen LogP contribution in [0.25, 0.3) is 0 Å². The van der Waals surface area contributed by atoms with Crippen molar-refractivity contribution in [3.05, 3.63) is 11.5 Å². The molecule has 0 radical (unpaired) electrons. The molecule has 0 unspecified atom stereocenters. The van der Waals surface area contributed by atoms with Gasteiger partial charge in [-0.1, -0.05) is 45.5 Å². The van der Waals surface area contributed by atoms with Gasteiger partial charge in [0.15, 0.2) is 0 Å². The fraction of sp³-hybridized carbons (Fsp3) is 0.688. The van der Waals surface area contributed by atoms with Crippen LogP contribution in [0.1, 0.15) is 63.9 Å². The van der Waals surface area contributed by atoms with Crippen molar-refractivity contribution < 1.29 is 0 Å². The van der Waals surface area contributed by atoms with Crippen LogP contribution in [0.2, 0.25) is 0 Å². The third-order valence-corrected chi connectivity index (χ3v) is 3.40. The quantitative estimate of drug-likeness (QED) is 0.545. The first-order valence-electron chi connectivity index (χ1n) is 7.51. The molecule has 0 aliphatic carbocycles. The molecule has 0 aliphatic heterocycles. The Bertz CT molecular complexity index is 412. The fourth-order valence-electron chi connectivity index (χ4n) is 2.33. The van der Waals surface area contributed by atoms with E-state index in [2.05, 4.69) is 24.8 Å². The Kier molecular flexibility index (Phi) is 7.10. The molecule has 1 aromatic heterocycles. The SMILES string of the molecule is C#CCn1c(CCC)nc(CCCCCCC)c1N. The second-order valence-corrected chi connectivity index (χ2v) is 5.06. The summed E-state index contributed by atoms with van der Waals surface area (Å²) in [5.74, 6) is 4.48. The van der Waals surface area contributed by atoms with Crippen LogP contribution in [0.15, 0.2) is 0 Å². The molecule has 1 heterocycles. The van der Waals surface area contributed by atoms with Crippen molar-refractivity contribution in [1.29, 1.82) is 0 Å². The monoisotopic (exact) mass is 261 g/mol. The Balaban J connectivity index is 2.62. The summed E-state index contributed by atoms with van der Waals surface area (Å²) in [5, 5.41) is 0. The smallest absolute Gasteiger partial charge is 0.127 e. The molecule has 1 aromatic rings. The highest BCUT2D eigenvalue weighted by molar-refractivity contribution is 5.39. The number of aryl methyl sites for hydroxylation is 2. The second-order valence-electron chi connectivity index (χ2n) is 5.06. The van der Waals surface area contributed by atoms with Crippen molar-refractivity contribution in [2.24, 2.45) is 0 Å². The van der Waals surface area contributed by atoms with E-state index in [0.717, 1.165) is 36.6 Å². The average molecular weight is 261 g/mol. The van der Waals surface area contributed by atoms with E-state index in [-0.39, 0.29) is 0 Å². The van der Waals surface area contributed by atoms with Gasteiger partial charge in [0.1, 0.15) is 11.6 Å². The van der Waals surface area contributed by atoms with Crippen LogP contribution in [0.3, 0.4) is 0 Å². The molecule has 19 heavy (non-hydrogen) atoms. The predicted molar refractivity (Wildman–Crippen MR) is 81.9 cm³/mol. The number of hydrogen-bond acceptors (Lipinski definition) is 2. The number of imidazole rings is 1. The van der Waals surface area contributed by atoms with Crippen molar-refractivity contribution in [3.63, 3.8) is 0 Å². The Labute approximate surface area is 117 Å². The average Bonchev–Trinajstić information content (AvgIpc) is 2.68. The number of rotatable bonds is 9. The van der Waals surface area contributed by atoms with Gasteiger partial charge in [-0.25, -0.2) is 4.98 Å². The van der Waals surface area contributed by atoms with Gasteiger partial charge in [0.05, 0.1) is 12.2 Å². The van der Waals surface area contributed by atoms with E-state index in [1.807, 2.05) is 4.57 Å². The third-order valence-electron chi connectivity index (χ3n) is 3.40. The minimum atomic E-state index is 0.532. The molecule has 0 atom stereocenters. The van der Waals surface area contributed by atoms with Crippen molar-refractivity contribution in [3.8, 4) is 12.3 Å². The summed E-state index contributed by atoms with van der Waals surface area (Å²) in [5.41, 5.74) is 7.20. The van der Waals surface area contributed by atoms with Crippen LogP contribution < -0.4 is 5.73 Å². The Morgan fingerprint density at radius 2 is 1.84 bits per heavy atom. The lowest BCUT2D eigenvalue weighted by molar-refractivity contribution is 0.629. The van der Waals surface area contributed by atoms with E-state index in [4.69, 9.17) is 12.2 Å². The number of anilines is 1. The molecule has 0 amide bonds. The highest BCUT2D eigenvalue weighted by Gasteiger charge is 2.12. The first kappa shape index (κ1) is 15.6. The minimum Gasteiger partial charge on any atom is -0.384 e. The molecule has 1 rings (SSSR count). The third kappa shape index (κ3) is 4.63. The summed E-state index contributed by atoms with van der Waals surface area (Å²) in [6.45, 7) is 4.91. The lowest BCUT2D eigenvalue weighted by Gasteiger charge is -2.04. The Morgan fingerprint density at radius 3 is 2.47 bits per heavy atom. The number of nitrogens with zero attached hydrogens (tertiary/aromatic N) is 2. The molecule has 0 aromatic carbocycles. The molecule has 2 N–H and O–H groups in total. The maximum Gasteiger partial charge on any atom is 0.127 e. The van der Waals surface area contributed by atoms with Crippen molar-refractivity contribution in [2.75, 3.05) is 5.73 Å². The Morgan fingerprint density at radius 1 is 1.11 bits per heavy atom. The van der Waals surface area contributed by atoms with E-state index in [9.17, 15) is 0 Å². The molecule has 106 valence electrons. The molecular weight excluding hydrogens is 234 g/mol. The number of unbranched alkanes of at least 4 members (excludes halogenated alkanes) is 4. The van der Waals surface area contributed by atoms with Gasteiger partial charge >= 0.3 is 0 Å². The first-order valence-corrected chi connectivity index (χ1v) is 7.51. The standard InChI is InChI=1S/C16H27N3/c1-4-7-8-9-10-12-14-16(17)19(13-6-3)15(18-14)11-5-2/h3H,4-5,7-13,17H2,1-2H3. The van der Waals surface area contributed by atoms with E-state index in [1.54, 1.807) is 0 Å². The van der Waals surface area contributed by atoms with Crippen LogP contribution in [-0.4, -0.2) is 9.55 Å². The van der Waals surface area contributed by atoms with Gasteiger partial charge in [0, 0.05) is 6.42 Å². The van der Waals surface area contributed by atoms with Gasteiger partial charge in [-0.2, -0.15) is 0 Å². The van der Waals surface area contributed by atoms with Crippen LogP contribution in [-0.2, 0) is 19.4 Å². The first-order chi connectivity index (χ1) is 9.24. The molecule has 3 nitrogen and oxygen atoms in total. The van der Waals surface area contributed by atoms with Gasteiger partial charge in [0.2, 0.25) is 0 Å². The van der Waals surface area contributed by atoms with Gasteiger partial charge in [0.25, 0.3) is 0 Å². The molecule has 3 heteroatoms. The maximum atomic E-state index is 6.17. The van der Waals surface area contributed by atoms with E-state index < -0.39 is 0 Å². The van der Waals surface area contributed by atoms with E-state index >= 15 is 0 Å². The van der Waals surface area contributed by atoms with Gasteiger partial charge in [-0.15, -0.1) is 6.42 Å². The molecule has 0 bridgehead atoms. The summed E-state index contributed by atoms with van der Waals surface area (Å²) in [7, 11) is 0. The van der Waals surface area contributed by atoms with E-state index in [1.165, 1.54) is 32.1 Å². The molecule has 0 aliphatic rings. The normalized spacial score (nSPS) is 10.6. The topological polar surface area (TPSA) is 43.8 Å². The summed E-state index contributed by atoms with van der Waals surface area (Å²) >= 11 is 0. The summed E-state index contributed by atoms with van der Waals surface area (Å²) in [6, 6.07) is 0. The highest BCUT2D eigenvalue weighted by Crippen LogP contribution is 2.18. The lowest BCUT2D eigenvalue weighted by Crippen LogP contribution is -2.06. The fourth-order valence-corrected chi connectivity index (χ4v) is 2.33. The van der Waals surface area contributed by atoms with Crippen molar-refractivity contribution in [2.45, 2.75) is 71.8 Å². The molecule has 0 fully saturated rings. The van der Waals surface area contributed by atoms with Crippen molar-refractivity contribution in [1.82, 2.24) is 9.55 Å². The predicted octanol–water partition coefficient (Wildman–Crippen LogP) is 3.56. The van der Waals surface area contributed by atoms with Gasteiger partial charge < -0.3 is 10.3 Å². The minimum absolute atomic E-state index is 0.532. The zero-order valence-electron chi connectivity index (χ0n) is 12.4. The molecule has 0 saturated carbocycles. The zero-order valence-corrected chi connectivity index (χ0v) is 12.4. The van der Waals surface area contributed by atoms with E-state index in [0.29, 0.717) is 6.54 Å². The number of aromatic nitrogens is 2. The second kappa shape index (κ2) is 8.63. The highest BCUT2D eigenvalue weighted by atomic mass is 15.1. The largest absolute Gasteiger partial charge is 0.384 e. The molecular formula is C16H27N3. The maximum absolute atomic E-state index is 6.17. The van der Waals surface area contributed by atoms with Crippen LogP contribution in [0.4, 0.5) is 5.82 Å². The summed E-state index contributed by atoms with van der Waals surface area (Å²) in [6.07, 6.45) is 14.7. The number of nitrogens with two attached hydrogens (primary N) is 1. The van der Waals surface area contributed by atoms with Gasteiger partial charge in [-0.05, 0) is 19.3 Å². The van der Waals surface area contributed by atoms with Gasteiger partial charge in [-0.3, -0.25) is 0 Å². The molecule has 0 spiro atoms. The van der Waals surface area contributed by atoms with Crippen LogP contribution in [0.5, 0.6) is 0 Å². The van der Waals surface area contributed by atoms with Crippen LogP contribution in [0, 0.1) is 12.3 Å². The summed E-state index contributed by atoms with van der Waals surface area (Å²) in [4.78, 5) is 4.68.